The summed E-state index contributed by atoms with van der Waals surface area (Å²) in [7, 11) is 1.67. The number of ether oxygens (including phenoxy) is 3. The SMILES string of the molecule is COC1C(N)CC1OCCOC(C)C. The van der Waals surface area contributed by atoms with Crippen molar-refractivity contribution in [3.63, 3.8) is 0 Å². The van der Waals surface area contributed by atoms with E-state index in [4.69, 9.17) is 19.9 Å². The Bertz CT molecular complexity index is 163. The van der Waals surface area contributed by atoms with Gasteiger partial charge in [0.05, 0.1) is 31.5 Å². The second-order valence-electron chi connectivity index (χ2n) is 3.93. The van der Waals surface area contributed by atoms with E-state index in [1.807, 2.05) is 13.8 Å². The molecule has 0 aromatic heterocycles. The van der Waals surface area contributed by atoms with Crippen molar-refractivity contribution < 1.29 is 14.2 Å². The van der Waals surface area contributed by atoms with Crippen LogP contribution in [0.15, 0.2) is 0 Å². The quantitative estimate of drug-likeness (QED) is 0.640. The van der Waals surface area contributed by atoms with Gasteiger partial charge in [0, 0.05) is 13.2 Å². The van der Waals surface area contributed by atoms with Crippen LogP contribution in [0.4, 0.5) is 0 Å². The zero-order valence-corrected chi connectivity index (χ0v) is 9.23. The highest BCUT2D eigenvalue weighted by atomic mass is 16.6. The van der Waals surface area contributed by atoms with E-state index in [9.17, 15) is 0 Å². The molecule has 4 nitrogen and oxygen atoms in total. The lowest BCUT2D eigenvalue weighted by Gasteiger charge is -2.40. The largest absolute Gasteiger partial charge is 0.377 e. The molecule has 1 aliphatic rings. The summed E-state index contributed by atoms with van der Waals surface area (Å²) in [5.74, 6) is 0. The molecule has 0 aromatic carbocycles. The lowest BCUT2D eigenvalue weighted by Crippen LogP contribution is -2.57. The molecule has 0 spiro atoms. The molecule has 0 saturated heterocycles. The van der Waals surface area contributed by atoms with Gasteiger partial charge in [-0.15, -0.1) is 0 Å². The average Bonchev–Trinajstić information content (AvgIpc) is 2.10. The highest BCUT2D eigenvalue weighted by Gasteiger charge is 2.39. The van der Waals surface area contributed by atoms with E-state index in [2.05, 4.69) is 0 Å². The second-order valence-corrected chi connectivity index (χ2v) is 3.93. The molecule has 3 atom stereocenters. The van der Waals surface area contributed by atoms with Crippen LogP contribution < -0.4 is 5.73 Å². The Hall–Kier alpha value is -0.160. The van der Waals surface area contributed by atoms with Crippen LogP contribution in [0, 0.1) is 0 Å². The summed E-state index contributed by atoms with van der Waals surface area (Å²) in [6, 6.07) is 0.135. The fourth-order valence-corrected chi connectivity index (χ4v) is 1.59. The molecule has 0 amide bonds. The first-order chi connectivity index (χ1) is 6.65. The molecular formula is C10H21NO3. The highest BCUT2D eigenvalue weighted by Crippen LogP contribution is 2.24. The Labute approximate surface area is 85.7 Å². The van der Waals surface area contributed by atoms with Crippen molar-refractivity contribution in [2.24, 2.45) is 5.73 Å². The maximum atomic E-state index is 5.74. The van der Waals surface area contributed by atoms with E-state index >= 15 is 0 Å². The zero-order valence-electron chi connectivity index (χ0n) is 9.23. The smallest absolute Gasteiger partial charge is 0.0984 e. The Morgan fingerprint density at radius 3 is 2.57 bits per heavy atom. The van der Waals surface area contributed by atoms with Gasteiger partial charge in [-0.05, 0) is 20.3 Å². The van der Waals surface area contributed by atoms with Gasteiger partial charge in [0.2, 0.25) is 0 Å². The number of nitrogens with two attached hydrogens (primary N) is 1. The predicted molar refractivity (Wildman–Crippen MR) is 54.2 cm³/mol. The van der Waals surface area contributed by atoms with Gasteiger partial charge in [0.1, 0.15) is 0 Å². The van der Waals surface area contributed by atoms with Gasteiger partial charge in [0.25, 0.3) is 0 Å². The summed E-state index contributed by atoms with van der Waals surface area (Å²) in [4.78, 5) is 0. The molecule has 84 valence electrons. The first kappa shape index (κ1) is 11.9. The van der Waals surface area contributed by atoms with Crippen molar-refractivity contribution in [2.75, 3.05) is 20.3 Å². The fraction of sp³-hybridized carbons (Fsp3) is 1.00. The molecule has 0 heterocycles. The summed E-state index contributed by atoms with van der Waals surface area (Å²) in [5, 5.41) is 0. The van der Waals surface area contributed by atoms with Gasteiger partial charge in [0.15, 0.2) is 0 Å². The van der Waals surface area contributed by atoms with Crippen LogP contribution in [0.1, 0.15) is 20.3 Å². The molecular weight excluding hydrogens is 182 g/mol. The van der Waals surface area contributed by atoms with Gasteiger partial charge >= 0.3 is 0 Å². The first-order valence-corrected chi connectivity index (χ1v) is 5.16. The number of methoxy groups -OCH3 is 1. The third-order valence-corrected chi connectivity index (χ3v) is 2.43. The lowest BCUT2D eigenvalue weighted by molar-refractivity contribution is -0.135. The molecule has 1 saturated carbocycles. The standard InChI is InChI=1S/C10H21NO3/c1-7(2)13-4-5-14-9-6-8(11)10(9)12-3/h7-10H,4-6,11H2,1-3H3. The van der Waals surface area contributed by atoms with Gasteiger partial charge in [-0.2, -0.15) is 0 Å². The molecule has 0 aromatic rings. The summed E-state index contributed by atoms with van der Waals surface area (Å²) in [5.41, 5.74) is 5.74. The van der Waals surface area contributed by atoms with E-state index in [1.54, 1.807) is 7.11 Å². The molecule has 2 N–H and O–H groups in total. The maximum Gasteiger partial charge on any atom is 0.0984 e. The Kier molecular flexibility index (Phi) is 4.81. The topological polar surface area (TPSA) is 53.7 Å². The van der Waals surface area contributed by atoms with Crippen LogP contribution >= 0.6 is 0 Å². The van der Waals surface area contributed by atoms with Crippen LogP contribution in [-0.2, 0) is 14.2 Å². The van der Waals surface area contributed by atoms with Gasteiger partial charge in [-0.3, -0.25) is 0 Å². The van der Waals surface area contributed by atoms with Gasteiger partial charge in [-0.1, -0.05) is 0 Å². The van der Waals surface area contributed by atoms with Crippen LogP contribution in [0.3, 0.4) is 0 Å². The van der Waals surface area contributed by atoms with Crippen molar-refractivity contribution >= 4 is 0 Å². The summed E-state index contributed by atoms with van der Waals surface area (Å²) in [6.45, 7) is 5.28. The summed E-state index contributed by atoms with van der Waals surface area (Å²) >= 11 is 0. The second kappa shape index (κ2) is 5.66. The maximum absolute atomic E-state index is 5.74. The van der Waals surface area contributed by atoms with E-state index in [-0.39, 0.29) is 24.4 Å². The number of hydrogen-bond donors (Lipinski definition) is 1. The monoisotopic (exact) mass is 203 g/mol. The first-order valence-electron chi connectivity index (χ1n) is 5.16. The molecule has 3 unspecified atom stereocenters. The van der Waals surface area contributed by atoms with E-state index in [0.29, 0.717) is 13.2 Å². The van der Waals surface area contributed by atoms with E-state index in [1.165, 1.54) is 0 Å². The molecule has 0 bridgehead atoms. The minimum Gasteiger partial charge on any atom is -0.377 e. The minimum atomic E-state index is 0.0639. The average molecular weight is 203 g/mol. The van der Waals surface area contributed by atoms with Crippen molar-refractivity contribution in [2.45, 2.75) is 44.6 Å². The van der Waals surface area contributed by atoms with Crippen molar-refractivity contribution in [3.05, 3.63) is 0 Å². The minimum absolute atomic E-state index is 0.0639. The van der Waals surface area contributed by atoms with Crippen LogP contribution in [-0.4, -0.2) is 44.7 Å². The van der Waals surface area contributed by atoms with Gasteiger partial charge in [-0.25, -0.2) is 0 Å². The highest BCUT2D eigenvalue weighted by molar-refractivity contribution is 4.94. The Balaban J connectivity index is 2.02. The van der Waals surface area contributed by atoms with Crippen LogP contribution in [0.5, 0.6) is 0 Å². The Morgan fingerprint density at radius 1 is 1.36 bits per heavy atom. The number of rotatable bonds is 6. The molecule has 1 fully saturated rings. The van der Waals surface area contributed by atoms with Crippen molar-refractivity contribution in [1.82, 2.24) is 0 Å². The van der Waals surface area contributed by atoms with Crippen molar-refractivity contribution in [3.8, 4) is 0 Å². The summed E-state index contributed by atoms with van der Waals surface area (Å²) in [6.07, 6.45) is 1.38. The van der Waals surface area contributed by atoms with E-state index in [0.717, 1.165) is 6.42 Å². The van der Waals surface area contributed by atoms with Crippen LogP contribution in [0.2, 0.25) is 0 Å². The molecule has 1 rings (SSSR count). The fourth-order valence-electron chi connectivity index (χ4n) is 1.59. The molecule has 0 aliphatic heterocycles. The third kappa shape index (κ3) is 3.20. The van der Waals surface area contributed by atoms with E-state index < -0.39 is 0 Å². The molecule has 4 heteroatoms. The normalized spacial score (nSPS) is 31.9. The Morgan fingerprint density at radius 2 is 2.07 bits per heavy atom. The molecule has 0 radical (unpaired) electrons. The van der Waals surface area contributed by atoms with Gasteiger partial charge < -0.3 is 19.9 Å². The lowest BCUT2D eigenvalue weighted by atomic mass is 9.86. The van der Waals surface area contributed by atoms with Crippen molar-refractivity contribution in [1.29, 1.82) is 0 Å². The predicted octanol–water partition coefficient (Wildman–Crippen LogP) is 0.543. The zero-order chi connectivity index (χ0) is 10.6. The van der Waals surface area contributed by atoms with Crippen LogP contribution in [0.25, 0.3) is 0 Å². The summed E-state index contributed by atoms with van der Waals surface area (Å²) < 4.78 is 16.1. The molecule has 14 heavy (non-hydrogen) atoms. The molecule has 1 aliphatic carbocycles. The number of hydrogen-bond acceptors (Lipinski definition) is 4. The third-order valence-electron chi connectivity index (χ3n) is 2.43.